The summed E-state index contributed by atoms with van der Waals surface area (Å²) in [6.45, 7) is 8.95. The molecule has 1 atom stereocenters. The Morgan fingerprint density at radius 2 is 2.00 bits per heavy atom. The highest BCUT2D eigenvalue weighted by Gasteiger charge is 2.44. The van der Waals surface area contributed by atoms with E-state index < -0.39 is 10.8 Å². The van der Waals surface area contributed by atoms with Gasteiger partial charge in [0.15, 0.2) is 0 Å². The number of fused-ring (bicyclic) bond motifs is 1. The largest absolute Gasteiger partial charge is 0.322 e. The van der Waals surface area contributed by atoms with Crippen LogP contribution >= 0.6 is 11.8 Å². The van der Waals surface area contributed by atoms with Crippen molar-refractivity contribution in [2.75, 3.05) is 10.2 Å². The molecule has 0 radical (unpaired) electrons. The molecule has 1 aliphatic rings. The van der Waals surface area contributed by atoms with Crippen LogP contribution in [0.2, 0.25) is 0 Å². The number of aromatic nitrogens is 1. The lowest BCUT2D eigenvalue weighted by molar-refractivity contribution is -0.126. The van der Waals surface area contributed by atoms with Crippen LogP contribution in [0.15, 0.2) is 35.4 Å². The zero-order chi connectivity index (χ0) is 20.6. The normalized spacial score (nSPS) is 16.0. The van der Waals surface area contributed by atoms with E-state index in [9.17, 15) is 14.9 Å². The highest BCUT2D eigenvalue weighted by atomic mass is 32.2. The molecule has 0 unspecified atom stereocenters. The fourth-order valence-electron chi connectivity index (χ4n) is 3.27. The molecule has 0 saturated heterocycles. The molecule has 2 amide bonds. The van der Waals surface area contributed by atoms with E-state index in [-0.39, 0.29) is 11.8 Å². The third-order valence-electron chi connectivity index (χ3n) is 4.79. The maximum absolute atomic E-state index is 13.4. The van der Waals surface area contributed by atoms with Crippen molar-refractivity contribution in [2.24, 2.45) is 0 Å². The molecule has 0 spiro atoms. The summed E-state index contributed by atoms with van der Waals surface area (Å²) in [4.78, 5) is 32.0. The van der Waals surface area contributed by atoms with Crippen LogP contribution in [0, 0.1) is 25.2 Å². The maximum Gasteiger partial charge on any atom is 0.250 e. The van der Waals surface area contributed by atoms with Gasteiger partial charge < -0.3 is 5.32 Å². The molecule has 1 aliphatic heterocycles. The van der Waals surface area contributed by atoms with Crippen molar-refractivity contribution in [2.45, 2.75) is 50.4 Å². The van der Waals surface area contributed by atoms with Crippen molar-refractivity contribution in [3.8, 4) is 6.07 Å². The van der Waals surface area contributed by atoms with Crippen molar-refractivity contribution < 1.29 is 9.59 Å². The van der Waals surface area contributed by atoms with Gasteiger partial charge in [0.1, 0.15) is 16.6 Å². The number of hydrogen-bond acceptors (Lipinski definition) is 5. The lowest BCUT2D eigenvalue weighted by atomic mass is 9.96. The molecule has 6 nitrogen and oxygen atoms in total. The van der Waals surface area contributed by atoms with E-state index in [0.717, 1.165) is 11.3 Å². The van der Waals surface area contributed by atoms with Gasteiger partial charge >= 0.3 is 0 Å². The van der Waals surface area contributed by atoms with Crippen LogP contribution in [0.3, 0.4) is 0 Å². The van der Waals surface area contributed by atoms with E-state index in [1.807, 2.05) is 38.1 Å². The fourth-order valence-corrected chi connectivity index (χ4v) is 4.33. The van der Waals surface area contributed by atoms with E-state index in [4.69, 9.17) is 0 Å². The highest BCUT2D eigenvalue weighted by molar-refractivity contribution is 8.00. The van der Waals surface area contributed by atoms with Gasteiger partial charge in [0, 0.05) is 5.69 Å². The monoisotopic (exact) mass is 394 g/mol. The topological polar surface area (TPSA) is 86.1 Å². The number of amides is 2. The summed E-state index contributed by atoms with van der Waals surface area (Å²) >= 11 is 1.24. The average molecular weight is 395 g/mol. The molecule has 7 heteroatoms. The van der Waals surface area contributed by atoms with Gasteiger partial charge in [0.05, 0.1) is 22.2 Å². The van der Waals surface area contributed by atoms with Crippen molar-refractivity contribution in [3.05, 3.63) is 47.2 Å². The maximum atomic E-state index is 13.4. The van der Waals surface area contributed by atoms with Crippen LogP contribution < -0.4 is 10.2 Å². The number of aryl methyl sites for hydroxylation is 2. The number of nitrogens with one attached hydrogen (secondary N) is 1. The molecular formula is C21H22N4O2S. The number of carbonyl (C=O) groups is 2. The second-order valence-corrected chi connectivity index (χ2v) is 8.67. The molecule has 2 heterocycles. The Morgan fingerprint density at radius 3 is 2.68 bits per heavy atom. The first-order chi connectivity index (χ1) is 13.2. The van der Waals surface area contributed by atoms with E-state index in [1.54, 1.807) is 31.7 Å². The van der Waals surface area contributed by atoms with Gasteiger partial charge in [-0.1, -0.05) is 23.9 Å². The van der Waals surface area contributed by atoms with E-state index >= 15 is 0 Å². The third kappa shape index (κ3) is 3.36. The fraction of sp³-hybridized carbons (Fsp3) is 0.333. The van der Waals surface area contributed by atoms with Crippen molar-refractivity contribution in [1.29, 1.82) is 5.26 Å². The van der Waals surface area contributed by atoms with Gasteiger partial charge in [-0.2, -0.15) is 5.26 Å². The van der Waals surface area contributed by atoms with Crippen LogP contribution in [-0.4, -0.2) is 27.6 Å². The molecule has 2 aromatic rings. The first-order valence-corrected chi connectivity index (χ1v) is 9.84. The molecule has 28 heavy (non-hydrogen) atoms. The van der Waals surface area contributed by atoms with Crippen LogP contribution in [0.25, 0.3) is 0 Å². The third-order valence-corrected chi connectivity index (χ3v) is 5.86. The van der Waals surface area contributed by atoms with Gasteiger partial charge in [-0.05, 0) is 58.4 Å². The summed E-state index contributed by atoms with van der Waals surface area (Å²) in [5, 5.41) is 12.4. The van der Waals surface area contributed by atoms with Crippen LogP contribution in [0.5, 0.6) is 0 Å². The number of anilines is 2. The molecule has 0 fully saturated rings. The number of nitrogens with zero attached hydrogens (tertiary/aromatic N) is 3. The van der Waals surface area contributed by atoms with Crippen LogP contribution in [0.1, 0.15) is 37.6 Å². The molecule has 0 saturated carbocycles. The van der Waals surface area contributed by atoms with Gasteiger partial charge in [-0.3, -0.25) is 14.5 Å². The van der Waals surface area contributed by atoms with E-state index in [2.05, 4.69) is 16.4 Å². The second-order valence-electron chi connectivity index (χ2n) is 7.34. The molecule has 0 aliphatic carbocycles. The Labute approximate surface area is 169 Å². The molecule has 144 valence electrons. The molecule has 1 N–H and O–H groups in total. The molecule has 1 aromatic carbocycles. The molecular weight excluding hydrogens is 372 g/mol. The van der Waals surface area contributed by atoms with Crippen LogP contribution in [-0.2, 0) is 9.59 Å². The summed E-state index contributed by atoms with van der Waals surface area (Å²) in [6, 6.07) is 11.3. The lowest BCUT2D eigenvalue weighted by Gasteiger charge is -2.43. The summed E-state index contributed by atoms with van der Waals surface area (Å²) in [5.41, 5.74) is 2.35. The van der Waals surface area contributed by atoms with Gasteiger partial charge in [0.25, 0.3) is 0 Å². The summed E-state index contributed by atoms with van der Waals surface area (Å²) in [5.74, 6) is -0.443. The predicted octanol–water partition coefficient (Wildman–Crippen LogP) is 3.81. The Morgan fingerprint density at radius 1 is 1.32 bits per heavy atom. The minimum atomic E-state index is -1.03. The smallest absolute Gasteiger partial charge is 0.250 e. The first-order valence-electron chi connectivity index (χ1n) is 8.96. The SMILES string of the molecule is Cc1cc(C)c(C#N)c(S[C@H](C)C(=O)N2c3ccccc3NC(=O)C2(C)C)n1. The van der Waals surface area contributed by atoms with E-state index in [0.29, 0.717) is 22.0 Å². The number of benzene rings is 1. The first kappa shape index (κ1) is 19.9. The number of nitriles is 1. The second kappa shape index (κ2) is 7.28. The average Bonchev–Trinajstić information content (AvgIpc) is 2.62. The number of para-hydroxylation sites is 2. The zero-order valence-electron chi connectivity index (χ0n) is 16.5. The van der Waals surface area contributed by atoms with Crippen molar-refractivity contribution in [1.82, 2.24) is 4.98 Å². The quantitative estimate of drug-likeness (QED) is 0.800. The van der Waals surface area contributed by atoms with Gasteiger partial charge in [-0.25, -0.2) is 4.98 Å². The van der Waals surface area contributed by atoms with Crippen molar-refractivity contribution >= 4 is 35.0 Å². The Bertz CT molecular complexity index is 1010. The number of rotatable bonds is 3. The molecule has 3 rings (SSSR count). The summed E-state index contributed by atoms with van der Waals surface area (Å²) < 4.78 is 0. The zero-order valence-corrected chi connectivity index (χ0v) is 17.3. The summed E-state index contributed by atoms with van der Waals surface area (Å²) in [6.07, 6.45) is 0. The minimum Gasteiger partial charge on any atom is -0.322 e. The summed E-state index contributed by atoms with van der Waals surface area (Å²) in [7, 11) is 0. The predicted molar refractivity (Wildman–Crippen MR) is 110 cm³/mol. The number of pyridine rings is 1. The number of hydrogen-bond donors (Lipinski definition) is 1. The number of carbonyl (C=O) groups excluding carboxylic acids is 2. The van der Waals surface area contributed by atoms with Crippen molar-refractivity contribution in [3.63, 3.8) is 0 Å². The Balaban J connectivity index is 1.98. The lowest BCUT2D eigenvalue weighted by Crippen LogP contribution is -2.60. The number of thioether (sulfide) groups is 1. The van der Waals surface area contributed by atoms with E-state index in [1.165, 1.54) is 11.8 Å². The van der Waals surface area contributed by atoms with Crippen LogP contribution in [0.4, 0.5) is 11.4 Å². The standard InChI is InChI=1S/C21H22N4O2S/c1-12-10-13(2)23-18(15(12)11-22)28-14(3)19(26)25-17-9-7-6-8-16(17)24-20(27)21(25,4)5/h6-10,14H,1-5H3,(H,24,27)/t14-/m1/s1. The van der Waals surface area contributed by atoms with Gasteiger partial charge in [0.2, 0.25) is 11.8 Å². The molecule has 0 bridgehead atoms. The van der Waals surface area contributed by atoms with Gasteiger partial charge in [-0.15, -0.1) is 0 Å². The highest BCUT2D eigenvalue weighted by Crippen LogP contribution is 2.39. The Kier molecular flexibility index (Phi) is 5.18. The minimum absolute atomic E-state index is 0.206. The molecule has 1 aromatic heterocycles. The Hall–Kier alpha value is -2.85.